The summed E-state index contributed by atoms with van der Waals surface area (Å²) in [6.45, 7) is 2.84. The van der Waals surface area contributed by atoms with E-state index in [1.54, 1.807) is 31.4 Å². The van der Waals surface area contributed by atoms with Crippen molar-refractivity contribution < 1.29 is 23.8 Å². The summed E-state index contributed by atoms with van der Waals surface area (Å²) in [4.78, 5) is 27.6. The lowest BCUT2D eigenvalue weighted by Gasteiger charge is -2.33. The van der Waals surface area contributed by atoms with Crippen LogP contribution in [0, 0.1) is 11.2 Å². The summed E-state index contributed by atoms with van der Waals surface area (Å²) in [7, 11) is 1.65. The van der Waals surface area contributed by atoms with Gasteiger partial charge in [0.15, 0.2) is 5.65 Å². The number of hydrogen-bond donors (Lipinski definition) is 1. The molecule has 208 valence electrons. The Morgan fingerprint density at radius 3 is 2.77 bits per heavy atom. The van der Waals surface area contributed by atoms with Crippen LogP contribution < -0.4 is 9.64 Å². The van der Waals surface area contributed by atoms with Gasteiger partial charge in [-0.3, -0.25) is 0 Å². The molecule has 1 unspecified atom stereocenters. The van der Waals surface area contributed by atoms with Crippen LogP contribution >= 0.6 is 11.6 Å². The number of carboxylic acid groups (broad SMARTS) is 1. The first-order valence-corrected chi connectivity index (χ1v) is 13.6. The molecule has 3 aromatic heterocycles. The zero-order valence-corrected chi connectivity index (χ0v) is 22.8. The summed E-state index contributed by atoms with van der Waals surface area (Å²) < 4.78 is 27.3. The van der Waals surface area contributed by atoms with Gasteiger partial charge in [0.25, 0.3) is 0 Å². The minimum atomic E-state index is -1.01. The molecule has 1 aromatic carbocycles. The SMILES string of the molecule is COCCn1c(C2CC23CCN(c2cccc(OCc4ccc(Cl)cc4F)n2)CC3)nc2ncc(C(=O)O)cc21. The Morgan fingerprint density at radius 2 is 2.02 bits per heavy atom. The summed E-state index contributed by atoms with van der Waals surface area (Å²) in [5, 5.41) is 9.79. The molecule has 0 bridgehead atoms. The number of imidazole rings is 1. The summed E-state index contributed by atoms with van der Waals surface area (Å²) >= 11 is 5.84. The topological polar surface area (TPSA) is 103 Å². The van der Waals surface area contributed by atoms with Gasteiger partial charge in [0.05, 0.1) is 17.7 Å². The molecular formula is C29H29ClFN5O4. The maximum atomic E-state index is 14.1. The lowest BCUT2D eigenvalue weighted by molar-refractivity contribution is 0.0696. The van der Waals surface area contributed by atoms with Crippen LogP contribution in [-0.4, -0.2) is 57.4 Å². The average Bonchev–Trinajstić information content (AvgIpc) is 3.52. The van der Waals surface area contributed by atoms with Crippen LogP contribution in [0.15, 0.2) is 48.7 Å². The molecule has 40 heavy (non-hydrogen) atoms. The van der Waals surface area contributed by atoms with E-state index in [4.69, 9.17) is 26.1 Å². The number of rotatable bonds is 9. The maximum absolute atomic E-state index is 14.1. The summed E-state index contributed by atoms with van der Waals surface area (Å²) in [5.41, 5.74) is 2.01. The van der Waals surface area contributed by atoms with E-state index in [1.807, 2.05) is 12.1 Å². The summed E-state index contributed by atoms with van der Waals surface area (Å²) in [5.74, 6) is 1.10. The zero-order valence-electron chi connectivity index (χ0n) is 22.0. The molecule has 1 N–H and O–H groups in total. The van der Waals surface area contributed by atoms with Crippen LogP contribution in [0.4, 0.5) is 10.2 Å². The van der Waals surface area contributed by atoms with E-state index in [1.165, 1.54) is 12.3 Å². The molecule has 1 aliphatic heterocycles. The third-order valence-electron chi connectivity index (χ3n) is 8.09. The second-order valence-electron chi connectivity index (χ2n) is 10.5. The number of piperidine rings is 1. The smallest absolute Gasteiger partial charge is 0.337 e. The highest BCUT2D eigenvalue weighted by molar-refractivity contribution is 6.30. The lowest BCUT2D eigenvalue weighted by Crippen LogP contribution is -2.35. The fourth-order valence-electron chi connectivity index (χ4n) is 5.72. The Morgan fingerprint density at radius 1 is 1.20 bits per heavy atom. The molecule has 1 spiro atoms. The van der Waals surface area contributed by atoms with E-state index in [0.717, 1.165) is 49.5 Å². The lowest BCUT2D eigenvalue weighted by atomic mass is 9.90. The van der Waals surface area contributed by atoms with Crippen LogP contribution in [0.2, 0.25) is 5.02 Å². The van der Waals surface area contributed by atoms with Gasteiger partial charge in [-0.25, -0.2) is 19.2 Å². The number of benzene rings is 1. The number of anilines is 1. The number of carboxylic acids is 1. The van der Waals surface area contributed by atoms with Gasteiger partial charge in [-0.1, -0.05) is 23.7 Å². The number of pyridine rings is 2. The third kappa shape index (κ3) is 5.09. The number of halogens is 2. The van der Waals surface area contributed by atoms with Crippen LogP contribution in [0.5, 0.6) is 5.88 Å². The third-order valence-corrected chi connectivity index (χ3v) is 8.32. The fourth-order valence-corrected chi connectivity index (χ4v) is 5.88. The van der Waals surface area contributed by atoms with Crippen LogP contribution in [0.1, 0.15) is 46.9 Å². The largest absolute Gasteiger partial charge is 0.478 e. The Hall–Kier alpha value is -3.76. The van der Waals surface area contributed by atoms with Crippen molar-refractivity contribution in [2.24, 2.45) is 5.41 Å². The molecule has 1 atom stereocenters. The van der Waals surface area contributed by atoms with Gasteiger partial charge in [0.1, 0.15) is 24.1 Å². The highest BCUT2D eigenvalue weighted by Crippen LogP contribution is 2.65. The van der Waals surface area contributed by atoms with Crippen molar-refractivity contribution in [1.29, 1.82) is 0 Å². The van der Waals surface area contributed by atoms with Crippen molar-refractivity contribution in [3.8, 4) is 5.88 Å². The van der Waals surface area contributed by atoms with Gasteiger partial charge in [0.2, 0.25) is 5.88 Å². The normalized spacial score (nSPS) is 17.9. The standard InChI is InChI=1S/C29H29ClFN5O4/c1-39-12-11-36-23-13-19(28(37)38)16-32-26(23)34-27(36)21-15-29(21)7-9-35(10-8-29)24-3-2-4-25(33-24)40-17-18-5-6-20(30)14-22(18)31/h2-6,13-14,16,21H,7-12,15,17H2,1H3,(H,37,38). The molecule has 4 aromatic rings. The number of aromatic nitrogens is 4. The zero-order chi connectivity index (χ0) is 27.9. The van der Waals surface area contributed by atoms with Gasteiger partial charge >= 0.3 is 5.97 Å². The van der Waals surface area contributed by atoms with E-state index in [-0.39, 0.29) is 23.5 Å². The molecule has 6 rings (SSSR count). The monoisotopic (exact) mass is 565 g/mol. The summed E-state index contributed by atoms with van der Waals surface area (Å²) in [6, 6.07) is 11.8. The predicted octanol–water partition coefficient (Wildman–Crippen LogP) is 5.32. The number of methoxy groups -OCH3 is 1. The Balaban J connectivity index is 1.14. The molecule has 11 heteroatoms. The van der Waals surface area contributed by atoms with E-state index in [9.17, 15) is 14.3 Å². The average molecular weight is 566 g/mol. The number of fused-ring (bicyclic) bond motifs is 1. The Labute approximate surface area is 235 Å². The second-order valence-corrected chi connectivity index (χ2v) is 10.9. The van der Waals surface area contributed by atoms with Crippen LogP contribution in [0.25, 0.3) is 11.2 Å². The molecule has 0 amide bonds. The van der Waals surface area contributed by atoms with Crippen molar-refractivity contribution >= 4 is 34.6 Å². The molecule has 2 aliphatic rings. The van der Waals surface area contributed by atoms with Gasteiger partial charge in [-0.05, 0) is 48.9 Å². The molecule has 9 nitrogen and oxygen atoms in total. The quantitative estimate of drug-likeness (QED) is 0.291. The first-order valence-electron chi connectivity index (χ1n) is 13.2. The van der Waals surface area contributed by atoms with Crippen LogP contribution in [0.3, 0.4) is 0 Å². The molecule has 2 fully saturated rings. The number of aromatic carboxylic acids is 1. The van der Waals surface area contributed by atoms with E-state index >= 15 is 0 Å². The minimum absolute atomic E-state index is 0.0666. The second kappa shape index (κ2) is 10.7. The molecule has 1 saturated heterocycles. The first-order chi connectivity index (χ1) is 19.4. The van der Waals surface area contributed by atoms with E-state index in [2.05, 4.69) is 19.4 Å². The summed E-state index contributed by atoms with van der Waals surface area (Å²) in [6.07, 6.45) is 4.37. The molecule has 1 aliphatic carbocycles. The fraction of sp³-hybridized carbons (Fsp3) is 0.379. The number of nitrogens with zero attached hydrogens (tertiary/aromatic N) is 5. The van der Waals surface area contributed by atoms with Gasteiger partial charge < -0.3 is 24.0 Å². The number of hydrogen-bond acceptors (Lipinski definition) is 7. The van der Waals surface area contributed by atoms with Gasteiger partial charge in [0, 0.05) is 55.5 Å². The maximum Gasteiger partial charge on any atom is 0.337 e. The highest BCUT2D eigenvalue weighted by Gasteiger charge is 2.57. The van der Waals surface area contributed by atoms with Crippen molar-refractivity contribution in [3.05, 3.63) is 76.5 Å². The minimum Gasteiger partial charge on any atom is -0.478 e. The molecule has 0 radical (unpaired) electrons. The molecule has 4 heterocycles. The van der Waals surface area contributed by atoms with Crippen molar-refractivity contribution in [3.63, 3.8) is 0 Å². The number of ether oxygens (including phenoxy) is 2. The van der Waals surface area contributed by atoms with Crippen LogP contribution in [-0.2, 0) is 17.9 Å². The van der Waals surface area contributed by atoms with Crippen molar-refractivity contribution in [1.82, 2.24) is 19.5 Å². The van der Waals surface area contributed by atoms with Gasteiger partial charge in [-0.15, -0.1) is 0 Å². The molecular weight excluding hydrogens is 537 g/mol. The van der Waals surface area contributed by atoms with E-state index < -0.39 is 11.8 Å². The van der Waals surface area contributed by atoms with Crippen molar-refractivity contribution in [2.75, 3.05) is 31.7 Å². The van der Waals surface area contributed by atoms with E-state index in [0.29, 0.717) is 35.3 Å². The molecule has 1 saturated carbocycles. The Bertz CT molecular complexity index is 1570. The van der Waals surface area contributed by atoms with Gasteiger partial charge in [-0.2, -0.15) is 4.98 Å². The number of carbonyl (C=O) groups is 1. The highest BCUT2D eigenvalue weighted by atomic mass is 35.5. The van der Waals surface area contributed by atoms with Crippen molar-refractivity contribution in [2.45, 2.75) is 38.3 Å². The predicted molar refractivity (Wildman–Crippen MR) is 148 cm³/mol. The Kier molecular flexibility index (Phi) is 7.06. The first kappa shape index (κ1) is 26.5.